The van der Waals surface area contributed by atoms with Crippen molar-refractivity contribution in [2.24, 2.45) is 0 Å². The molecule has 3 nitrogen and oxygen atoms in total. The molecule has 3 rings (SSSR count). The molecule has 2 aromatic heterocycles. The van der Waals surface area contributed by atoms with Gasteiger partial charge in [0.25, 0.3) is 0 Å². The maximum Gasteiger partial charge on any atom is 0.153 e. The molecule has 0 aliphatic heterocycles. The Morgan fingerprint density at radius 2 is 1.82 bits per heavy atom. The number of fused-ring (bicyclic) bond motifs is 1. The van der Waals surface area contributed by atoms with E-state index in [4.69, 9.17) is 12.2 Å². The highest BCUT2D eigenvalue weighted by Gasteiger charge is 2.07. The lowest BCUT2D eigenvalue weighted by atomic mass is 10.1. The molecule has 17 heavy (non-hydrogen) atoms. The molecule has 2 N–H and O–H groups in total. The summed E-state index contributed by atoms with van der Waals surface area (Å²) in [6.07, 6.45) is 3.60. The SMILES string of the molecule is Cc1ccc(-c2c[nH]c3c(=S)nc[nH]c23)cc1. The number of benzene rings is 1. The van der Waals surface area contributed by atoms with Crippen LogP contribution in [-0.4, -0.2) is 15.0 Å². The molecule has 0 bridgehead atoms. The first kappa shape index (κ1) is 10.2. The highest BCUT2D eigenvalue weighted by Crippen LogP contribution is 2.26. The zero-order valence-electron chi connectivity index (χ0n) is 9.32. The number of nitrogens with zero attached hydrogens (tertiary/aromatic N) is 1. The van der Waals surface area contributed by atoms with Crippen LogP contribution in [0.2, 0.25) is 0 Å². The van der Waals surface area contributed by atoms with Gasteiger partial charge in [-0.15, -0.1) is 0 Å². The summed E-state index contributed by atoms with van der Waals surface area (Å²) in [5, 5.41) is 0. The van der Waals surface area contributed by atoms with Crippen molar-refractivity contribution in [1.82, 2.24) is 15.0 Å². The molecular formula is C13H11N3S. The molecule has 0 aliphatic rings. The third-order valence-electron chi connectivity index (χ3n) is 2.85. The monoisotopic (exact) mass is 241 g/mol. The van der Waals surface area contributed by atoms with Gasteiger partial charge in [0, 0.05) is 11.8 Å². The van der Waals surface area contributed by atoms with Gasteiger partial charge in [-0.3, -0.25) is 0 Å². The Bertz CT molecular complexity index is 722. The third kappa shape index (κ3) is 1.66. The summed E-state index contributed by atoms with van der Waals surface area (Å²) in [5.41, 5.74) is 5.43. The van der Waals surface area contributed by atoms with Crippen LogP contribution in [0.15, 0.2) is 36.8 Å². The van der Waals surface area contributed by atoms with Crippen molar-refractivity contribution in [1.29, 1.82) is 0 Å². The van der Waals surface area contributed by atoms with Gasteiger partial charge >= 0.3 is 0 Å². The number of nitrogens with one attached hydrogen (secondary N) is 2. The van der Waals surface area contributed by atoms with Crippen LogP contribution < -0.4 is 0 Å². The zero-order valence-corrected chi connectivity index (χ0v) is 10.1. The summed E-state index contributed by atoms with van der Waals surface area (Å²) < 4.78 is 0.595. The molecule has 0 amide bonds. The van der Waals surface area contributed by atoms with Crippen LogP contribution in [0, 0.1) is 11.6 Å². The standard InChI is InChI=1S/C13H11N3S/c1-8-2-4-9(5-3-8)10-6-14-12-11(10)15-7-16-13(12)17/h2-7,14H,1H3,(H,15,16,17). The summed E-state index contributed by atoms with van der Waals surface area (Å²) in [6.45, 7) is 2.08. The first-order valence-corrected chi connectivity index (χ1v) is 5.78. The van der Waals surface area contributed by atoms with Crippen LogP contribution in [0.5, 0.6) is 0 Å². The fourth-order valence-electron chi connectivity index (χ4n) is 1.92. The third-order valence-corrected chi connectivity index (χ3v) is 3.16. The lowest BCUT2D eigenvalue weighted by Crippen LogP contribution is -1.82. The highest BCUT2D eigenvalue weighted by atomic mass is 32.1. The quantitative estimate of drug-likeness (QED) is 0.639. The van der Waals surface area contributed by atoms with Crippen LogP contribution >= 0.6 is 12.2 Å². The van der Waals surface area contributed by atoms with E-state index in [2.05, 4.69) is 46.1 Å². The second-order valence-electron chi connectivity index (χ2n) is 4.03. The van der Waals surface area contributed by atoms with E-state index in [0.29, 0.717) is 4.64 Å². The molecule has 1 aromatic carbocycles. The Morgan fingerprint density at radius 1 is 1.06 bits per heavy atom. The van der Waals surface area contributed by atoms with Gasteiger partial charge in [-0.25, -0.2) is 4.98 Å². The van der Waals surface area contributed by atoms with Crippen molar-refractivity contribution in [2.45, 2.75) is 6.92 Å². The normalized spacial score (nSPS) is 10.9. The molecule has 0 radical (unpaired) electrons. The van der Waals surface area contributed by atoms with Gasteiger partial charge in [0.2, 0.25) is 0 Å². The molecule has 4 heteroatoms. The number of H-pyrrole nitrogens is 2. The molecule has 0 saturated heterocycles. The van der Waals surface area contributed by atoms with E-state index < -0.39 is 0 Å². The van der Waals surface area contributed by atoms with Crippen molar-refractivity contribution in [3.8, 4) is 11.1 Å². The zero-order chi connectivity index (χ0) is 11.8. The molecule has 0 atom stereocenters. The Morgan fingerprint density at radius 3 is 2.59 bits per heavy atom. The lowest BCUT2D eigenvalue weighted by Gasteiger charge is -2.00. The number of rotatable bonds is 1. The van der Waals surface area contributed by atoms with Crippen LogP contribution in [0.25, 0.3) is 22.2 Å². The average molecular weight is 241 g/mol. The molecule has 2 heterocycles. The minimum Gasteiger partial charge on any atom is -0.357 e. The molecular weight excluding hydrogens is 230 g/mol. The number of aromatic amines is 2. The van der Waals surface area contributed by atoms with E-state index in [1.165, 1.54) is 11.1 Å². The maximum absolute atomic E-state index is 5.18. The summed E-state index contributed by atoms with van der Waals surface area (Å²) in [5.74, 6) is 0. The number of aromatic nitrogens is 3. The van der Waals surface area contributed by atoms with E-state index in [1.54, 1.807) is 6.33 Å². The Labute approximate surface area is 104 Å². The Balaban J connectivity index is 2.28. The van der Waals surface area contributed by atoms with Crippen molar-refractivity contribution in [3.63, 3.8) is 0 Å². The molecule has 0 saturated carbocycles. The van der Waals surface area contributed by atoms with Crippen LogP contribution in [0.1, 0.15) is 5.56 Å². The minimum atomic E-state index is 0.595. The summed E-state index contributed by atoms with van der Waals surface area (Å²) >= 11 is 5.18. The van der Waals surface area contributed by atoms with Crippen LogP contribution in [-0.2, 0) is 0 Å². The van der Waals surface area contributed by atoms with E-state index in [9.17, 15) is 0 Å². The van der Waals surface area contributed by atoms with Gasteiger partial charge in [0.1, 0.15) is 5.52 Å². The molecule has 84 valence electrons. The lowest BCUT2D eigenvalue weighted by molar-refractivity contribution is 1.20. The smallest absolute Gasteiger partial charge is 0.153 e. The van der Waals surface area contributed by atoms with Gasteiger partial charge in [-0.1, -0.05) is 42.0 Å². The van der Waals surface area contributed by atoms with Gasteiger partial charge in [0.15, 0.2) is 4.64 Å². The molecule has 3 aromatic rings. The van der Waals surface area contributed by atoms with Crippen molar-refractivity contribution < 1.29 is 0 Å². The molecule has 0 spiro atoms. The second-order valence-corrected chi connectivity index (χ2v) is 4.41. The van der Waals surface area contributed by atoms with Crippen molar-refractivity contribution >= 4 is 23.3 Å². The highest BCUT2D eigenvalue weighted by molar-refractivity contribution is 7.71. The van der Waals surface area contributed by atoms with Gasteiger partial charge < -0.3 is 9.97 Å². The minimum absolute atomic E-state index is 0.595. The van der Waals surface area contributed by atoms with Crippen molar-refractivity contribution in [2.75, 3.05) is 0 Å². The fraction of sp³-hybridized carbons (Fsp3) is 0.0769. The summed E-state index contributed by atoms with van der Waals surface area (Å²) in [7, 11) is 0. The number of hydrogen-bond acceptors (Lipinski definition) is 2. The Hall–Kier alpha value is -1.94. The Kier molecular flexibility index (Phi) is 2.30. The summed E-state index contributed by atoms with van der Waals surface area (Å²) in [4.78, 5) is 10.4. The second kappa shape index (κ2) is 3.82. The van der Waals surface area contributed by atoms with E-state index in [-0.39, 0.29) is 0 Å². The van der Waals surface area contributed by atoms with Gasteiger partial charge in [-0.2, -0.15) is 0 Å². The molecule has 0 aliphatic carbocycles. The van der Waals surface area contributed by atoms with E-state index in [1.807, 2.05) is 6.20 Å². The predicted molar refractivity (Wildman–Crippen MR) is 71.5 cm³/mol. The van der Waals surface area contributed by atoms with E-state index in [0.717, 1.165) is 16.6 Å². The largest absolute Gasteiger partial charge is 0.357 e. The van der Waals surface area contributed by atoms with Crippen LogP contribution in [0.4, 0.5) is 0 Å². The maximum atomic E-state index is 5.18. The number of aryl methyl sites for hydroxylation is 1. The number of hydrogen-bond donors (Lipinski definition) is 2. The average Bonchev–Trinajstić information content (AvgIpc) is 2.75. The van der Waals surface area contributed by atoms with Crippen LogP contribution in [0.3, 0.4) is 0 Å². The van der Waals surface area contributed by atoms with Gasteiger partial charge in [-0.05, 0) is 12.5 Å². The predicted octanol–water partition coefficient (Wildman–Crippen LogP) is 3.60. The fourth-order valence-corrected chi connectivity index (χ4v) is 2.14. The molecule has 0 unspecified atom stereocenters. The first-order valence-electron chi connectivity index (χ1n) is 5.37. The van der Waals surface area contributed by atoms with Crippen molar-refractivity contribution in [3.05, 3.63) is 47.0 Å². The first-order chi connectivity index (χ1) is 8.25. The topological polar surface area (TPSA) is 44.5 Å². The van der Waals surface area contributed by atoms with E-state index >= 15 is 0 Å². The summed E-state index contributed by atoms with van der Waals surface area (Å²) in [6, 6.07) is 8.42. The molecule has 0 fully saturated rings. The van der Waals surface area contributed by atoms with Gasteiger partial charge in [0.05, 0.1) is 11.8 Å².